The lowest BCUT2D eigenvalue weighted by atomic mass is 9.83. The van der Waals surface area contributed by atoms with E-state index in [1.165, 1.54) is 10.9 Å². The van der Waals surface area contributed by atoms with Gasteiger partial charge in [-0.3, -0.25) is 14.3 Å². The lowest BCUT2D eigenvalue weighted by molar-refractivity contribution is 0.0170. The third-order valence-electron chi connectivity index (χ3n) is 7.48. The predicted octanol–water partition coefficient (Wildman–Crippen LogP) is 3.30. The van der Waals surface area contributed by atoms with E-state index in [2.05, 4.69) is 15.4 Å². The fourth-order valence-electron chi connectivity index (χ4n) is 5.32. The second-order valence-corrected chi connectivity index (χ2v) is 11.0. The molecular formula is C26H28FN7O4S. The van der Waals surface area contributed by atoms with Crippen LogP contribution in [0.2, 0.25) is 0 Å². The molecule has 204 valence electrons. The van der Waals surface area contributed by atoms with E-state index in [1.807, 2.05) is 29.7 Å². The molecule has 1 aromatic carbocycles. The van der Waals surface area contributed by atoms with Crippen molar-refractivity contribution in [2.75, 3.05) is 43.0 Å². The van der Waals surface area contributed by atoms with Gasteiger partial charge in [-0.25, -0.2) is 9.18 Å². The number of halogens is 1. The van der Waals surface area contributed by atoms with Crippen LogP contribution in [0.1, 0.15) is 28.8 Å². The minimum absolute atomic E-state index is 0.0158. The van der Waals surface area contributed by atoms with E-state index < -0.39 is 29.9 Å². The van der Waals surface area contributed by atoms with Gasteiger partial charge in [0.2, 0.25) is 0 Å². The zero-order valence-corrected chi connectivity index (χ0v) is 22.1. The molecule has 13 heteroatoms. The molecule has 3 N–H and O–H groups in total. The second kappa shape index (κ2) is 10.6. The number of H-pyrrole nitrogens is 1. The first-order valence-corrected chi connectivity index (χ1v) is 13.7. The van der Waals surface area contributed by atoms with Crippen molar-refractivity contribution in [2.24, 2.45) is 0 Å². The van der Waals surface area contributed by atoms with Gasteiger partial charge < -0.3 is 25.2 Å². The molecule has 2 saturated heterocycles. The van der Waals surface area contributed by atoms with Crippen molar-refractivity contribution in [2.45, 2.75) is 31.5 Å². The first-order valence-electron chi connectivity index (χ1n) is 12.6. The van der Waals surface area contributed by atoms with E-state index in [0.717, 1.165) is 22.0 Å². The normalized spacial score (nSPS) is 21.5. The van der Waals surface area contributed by atoms with Crippen molar-refractivity contribution >= 4 is 46.2 Å². The third kappa shape index (κ3) is 4.80. The van der Waals surface area contributed by atoms with Gasteiger partial charge in [-0.05, 0) is 43.2 Å². The minimum atomic E-state index is -1.72. The molecule has 2 unspecified atom stereocenters. The number of nitriles is 1. The number of aromatic amines is 1. The number of alkyl halides is 1. The number of amides is 2. The Balaban J connectivity index is 1.52. The van der Waals surface area contributed by atoms with Gasteiger partial charge in [0.05, 0.1) is 24.6 Å². The average Bonchev–Trinajstić information content (AvgIpc) is 3.30. The smallest absolute Gasteiger partial charge is 0.407 e. The van der Waals surface area contributed by atoms with E-state index in [0.29, 0.717) is 29.9 Å². The van der Waals surface area contributed by atoms with Crippen LogP contribution < -0.4 is 10.9 Å². The summed E-state index contributed by atoms with van der Waals surface area (Å²) in [4.78, 5) is 42.8. The molecule has 0 bridgehead atoms. The maximum Gasteiger partial charge on any atom is 0.407 e. The number of likely N-dealkylation sites (tertiary alicyclic amines) is 1. The number of carbonyl (C=O) groups excluding carboxylic acids is 1. The van der Waals surface area contributed by atoms with Crippen LogP contribution in [0.4, 0.5) is 20.7 Å². The van der Waals surface area contributed by atoms with E-state index in [4.69, 9.17) is 0 Å². The molecule has 39 heavy (non-hydrogen) atoms. The maximum atomic E-state index is 15.7. The lowest BCUT2D eigenvalue weighted by Gasteiger charge is -2.42. The predicted molar refractivity (Wildman–Crippen MR) is 145 cm³/mol. The van der Waals surface area contributed by atoms with E-state index in [9.17, 15) is 24.8 Å². The summed E-state index contributed by atoms with van der Waals surface area (Å²) in [6.07, 6.45) is -1.77. The molecule has 2 amide bonds. The van der Waals surface area contributed by atoms with Crippen LogP contribution >= 0.6 is 11.8 Å². The van der Waals surface area contributed by atoms with Crippen molar-refractivity contribution in [3.8, 4) is 6.07 Å². The van der Waals surface area contributed by atoms with Crippen LogP contribution in [0.3, 0.4) is 0 Å². The molecule has 11 nitrogen and oxygen atoms in total. The molecule has 0 saturated carbocycles. The van der Waals surface area contributed by atoms with Crippen molar-refractivity contribution in [3.63, 3.8) is 0 Å². The number of thioether (sulfide) groups is 1. The van der Waals surface area contributed by atoms with Gasteiger partial charge in [0.15, 0.2) is 5.82 Å². The number of aromatic nitrogens is 3. The number of hydrogen-bond acceptors (Lipinski definition) is 7. The summed E-state index contributed by atoms with van der Waals surface area (Å²) in [6.45, 7) is 2.87. The molecule has 2 fully saturated rings. The SMILES string of the molecule is Cc1cc(Nc2nn(C3(CC#N)CCN(C(=O)O)CC3F)c3cc[nH]c(=O)c23)ccc1C(=O)N1CCSCC1. The van der Waals surface area contributed by atoms with Gasteiger partial charge in [0, 0.05) is 48.6 Å². The monoisotopic (exact) mass is 553 g/mol. The summed E-state index contributed by atoms with van der Waals surface area (Å²) >= 11 is 1.83. The Morgan fingerprint density at radius 2 is 2.05 bits per heavy atom. The van der Waals surface area contributed by atoms with Crippen molar-refractivity contribution < 1.29 is 19.1 Å². The van der Waals surface area contributed by atoms with Crippen LogP contribution in [-0.4, -0.2) is 85.5 Å². The number of anilines is 2. The van der Waals surface area contributed by atoms with Gasteiger partial charge >= 0.3 is 6.09 Å². The number of fused-ring (bicyclic) bond motifs is 1. The first kappa shape index (κ1) is 26.6. The number of hydrogen-bond donors (Lipinski definition) is 3. The zero-order chi connectivity index (χ0) is 27.7. The second-order valence-electron chi connectivity index (χ2n) is 9.77. The Bertz CT molecular complexity index is 1530. The molecule has 2 atom stereocenters. The Hall–Kier alpha value is -4.05. The summed E-state index contributed by atoms with van der Waals surface area (Å²) in [6, 6.07) is 8.88. The summed E-state index contributed by atoms with van der Waals surface area (Å²) in [5.41, 5.74) is 0.365. The number of aryl methyl sites for hydroxylation is 1. The highest BCUT2D eigenvalue weighted by Gasteiger charge is 2.48. The third-order valence-corrected chi connectivity index (χ3v) is 8.42. The zero-order valence-electron chi connectivity index (χ0n) is 21.3. The maximum absolute atomic E-state index is 15.7. The number of rotatable bonds is 5. The molecular weight excluding hydrogens is 525 g/mol. The summed E-state index contributed by atoms with van der Waals surface area (Å²) < 4.78 is 17.1. The number of pyridine rings is 1. The molecule has 5 rings (SSSR count). The topological polar surface area (TPSA) is 147 Å². The summed E-state index contributed by atoms with van der Waals surface area (Å²) in [5, 5.41) is 26.9. The Morgan fingerprint density at radius 3 is 2.72 bits per heavy atom. The molecule has 0 aliphatic carbocycles. The highest BCUT2D eigenvalue weighted by atomic mass is 32.2. The van der Waals surface area contributed by atoms with Crippen LogP contribution in [0.15, 0.2) is 35.3 Å². The number of carbonyl (C=O) groups is 2. The highest BCUT2D eigenvalue weighted by Crippen LogP contribution is 2.39. The lowest BCUT2D eigenvalue weighted by Crippen LogP contribution is -2.56. The van der Waals surface area contributed by atoms with Crippen LogP contribution in [-0.2, 0) is 5.54 Å². The van der Waals surface area contributed by atoms with Crippen LogP contribution in [0.5, 0.6) is 0 Å². The van der Waals surface area contributed by atoms with Crippen molar-refractivity contribution in [1.29, 1.82) is 5.26 Å². The van der Waals surface area contributed by atoms with Crippen molar-refractivity contribution in [3.05, 3.63) is 51.9 Å². The fourth-order valence-corrected chi connectivity index (χ4v) is 6.23. The summed E-state index contributed by atoms with van der Waals surface area (Å²) in [7, 11) is 0. The minimum Gasteiger partial charge on any atom is -0.465 e. The van der Waals surface area contributed by atoms with E-state index in [-0.39, 0.29) is 36.5 Å². The van der Waals surface area contributed by atoms with Gasteiger partial charge in [-0.1, -0.05) is 0 Å². The Morgan fingerprint density at radius 1 is 1.28 bits per heavy atom. The van der Waals surface area contributed by atoms with Crippen LogP contribution in [0, 0.1) is 18.3 Å². The number of nitrogens with zero attached hydrogens (tertiary/aromatic N) is 5. The fraction of sp³-hybridized carbons (Fsp3) is 0.423. The molecule has 4 heterocycles. The van der Waals surface area contributed by atoms with Gasteiger partial charge in [0.1, 0.15) is 17.1 Å². The van der Waals surface area contributed by atoms with Crippen molar-refractivity contribution in [1.82, 2.24) is 24.6 Å². The molecule has 2 aliphatic heterocycles. The molecule has 2 aromatic heterocycles. The Labute approximate surface area is 227 Å². The average molecular weight is 554 g/mol. The largest absolute Gasteiger partial charge is 0.465 e. The number of nitrogens with one attached hydrogen (secondary N) is 2. The quantitative estimate of drug-likeness (QED) is 0.436. The van der Waals surface area contributed by atoms with E-state index in [1.54, 1.807) is 24.3 Å². The first-order chi connectivity index (χ1) is 18.7. The van der Waals surface area contributed by atoms with Crippen LogP contribution in [0.25, 0.3) is 10.9 Å². The van der Waals surface area contributed by atoms with Gasteiger partial charge in [-0.2, -0.15) is 22.1 Å². The summed E-state index contributed by atoms with van der Waals surface area (Å²) in [5.74, 6) is 1.97. The molecule has 0 spiro atoms. The standard InChI is InChI=1S/C26H28FN7O4S/c1-16-14-17(2-3-18(16)24(36)32-10-12-39-13-11-32)30-22-21-19(4-8-29-23(21)35)34(31-22)26(5-7-28)6-9-33(25(37)38)15-20(26)27/h2-4,8,14,20H,5-6,9-13,15H2,1H3,(H,29,35)(H,30,31)(H,37,38). The molecule has 0 radical (unpaired) electrons. The number of benzene rings is 1. The Kier molecular flexibility index (Phi) is 7.22. The number of carboxylic acid groups (broad SMARTS) is 1. The molecule has 3 aromatic rings. The van der Waals surface area contributed by atoms with Gasteiger partial charge in [0.25, 0.3) is 11.5 Å². The van der Waals surface area contributed by atoms with Gasteiger partial charge in [-0.15, -0.1) is 0 Å². The number of piperidine rings is 1. The van der Waals surface area contributed by atoms with E-state index >= 15 is 4.39 Å². The molecule has 2 aliphatic rings. The highest BCUT2D eigenvalue weighted by molar-refractivity contribution is 7.99.